The standard InChI is InChI=1S/C16H21N3/c1-8-14(13(7-17)16(18)19-8)15-11-3-9-2-10(5-11)6-12(15)4-9/h9-12,15,19H,2-6,18H2,1H3. The van der Waals surface area contributed by atoms with E-state index >= 15 is 0 Å². The summed E-state index contributed by atoms with van der Waals surface area (Å²) >= 11 is 0. The van der Waals surface area contributed by atoms with Crippen LogP contribution in [-0.2, 0) is 0 Å². The Morgan fingerprint density at radius 3 is 2.21 bits per heavy atom. The van der Waals surface area contributed by atoms with Crippen molar-refractivity contribution < 1.29 is 0 Å². The molecule has 1 heterocycles. The molecule has 5 rings (SSSR count). The highest BCUT2D eigenvalue weighted by atomic mass is 14.9. The van der Waals surface area contributed by atoms with Gasteiger partial charge in [0.1, 0.15) is 11.9 Å². The SMILES string of the molecule is Cc1[nH]c(N)c(C#N)c1C1C2CC3CC(C2)CC1C3. The van der Waals surface area contributed by atoms with Crippen molar-refractivity contribution in [3.05, 3.63) is 16.8 Å². The Bertz CT molecular complexity index is 535. The van der Waals surface area contributed by atoms with Gasteiger partial charge in [0, 0.05) is 5.69 Å². The number of nitrogen functional groups attached to an aromatic ring is 1. The molecule has 100 valence electrons. The highest BCUT2D eigenvalue weighted by Crippen LogP contribution is 2.60. The molecule has 0 aromatic carbocycles. The predicted octanol–water partition coefficient (Wildman–Crippen LogP) is 3.32. The first-order valence-corrected chi connectivity index (χ1v) is 7.55. The maximum Gasteiger partial charge on any atom is 0.119 e. The molecule has 0 atom stereocenters. The second kappa shape index (κ2) is 3.79. The molecule has 4 aliphatic carbocycles. The van der Waals surface area contributed by atoms with Crippen molar-refractivity contribution in [3.63, 3.8) is 0 Å². The lowest BCUT2D eigenvalue weighted by molar-refractivity contribution is -0.00301. The highest BCUT2D eigenvalue weighted by molar-refractivity contribution is 5.58. The van der Waals surface area contributed by atoms with Gasteiger partial charge in [-0.05, 0) is 74.2 Å². The van der Waals surface area contributed by atoms with Gasteiger partial charge in [-0.2, -0.15) is 5.26 Å². The Balaban J connectivity index is 1.79. The summed E-state index contributed by atoms with van der Waals surface area (Å²) in [5.41, 5.74) is 9.09. The molecule has 4 aliphatic rings. The van der Waals surface area contributed by atoms with Gasteiger partial charge >= 0.3 is 0 Å². The van der Waals surface area contributed by atoms with Gasteiger partial charge in [-0.15, -0.1) is 0 Å². The minimum absolute atomic E-state index is 0.573. The maximum atomic E-state index is 9.42. The summed E-state index contributed by atoms with van der Waals surface area (Å²) in [4.78, 5) is 3.19. The van der Waals surface area contributed by atoms with Crippen molar-refractivity contribution >= 4 is 5.82 Å². The number of rotatable bonds is 1. The molecular formula is C16H21N3. The van der Waals surface area contributed by atoms with Crippen LogP contribution in [0.25, 0.3) is 0 Å². The van der Waals surface area contributed by atoms with Crippen LogP contribution in [0.1, 0.15) is 54.8 Å². The van der Waals surface area contributed by atoms with E-state index in [1.807, 2.05) is 0 Å². The molecule has 4 fully saturated rings. The minimum Gasteiger partial charge on any atom is -0.384 e. The monoisotopic (exact) mass is 255 g/mol. The number of aromatic amines is 1. The van der Waals surface area contributed by atoms with E-state index in [1.54, 1.807) is 0 Å². The molecule has 3 nitrogen and oxygen atoms in total. The minimum atomic E-state index is 0.573. The van der Waals surface area contributed by atoms with E-state index in [2.05, 4.69) is 18.0 Å². The van der Waals surface area contributed by atoms with Crippen molar-refractivity contribution in [2.75, 3.05) is 5.73 Å². The number of aryl methyl sites for hydroxylation is 1. The summed E-state index contributed by atoms with van der Waals surface area (Å²) in [6, 6.07) is 2.34. The summed E-state index contributed by atoms with van der Waals surface area (Å²) in [5.74, 6) is 4.72. The van der Waals surface area contributed by atoms with Gasteiger partial charge < -0.3 is 10.7 Å². The van der Waals surface area contributed by atoms with E-state index in [0.717, 1.165) is 34.9 Å². The van der Waals surface area contributed by atoms with Crippen LogP contribution in [-0.4, -0.2) is 4.98 Å². The average molecular weight is 255 g/mol. The summed E-state index contributed by atoms with van der Waals surface area (Å²) in [6.45, 7) is 2.08. The smallest absolute Gasteiger partial charge is 0.119 e. The molecule has 19 heavy (non-hydrogen) atoms. The van der Waals surface area contributed by atoms with Crippen LogP contribution in [0, 0.1) is 41.9 Å². The number of hydrogen-bond donors (Lipinski definition) is 2. The molecule has 3 N–H and O–H groups in total. The third kappa shape index (κ3) is 1.49. The highest BCUT2D eigenvalue weighted by Gasteiger charge is 2.49. The number of anilines is 1. The van der Waals surface area contributed by atoms with Gasteiger partial charge in [-0.3, -0.25) is 0 Å². The first kappa shape index (κ1) is 11.4. The van der Waals surface area contributed by atoms with E-state index in [0.29, 0.717) is 11.7 Å². The zero-order valence-corrected chi connectivity index (χ0v) is 11.4. The fourth-order valence-corrected chi connectivity index (χ4v) is 5.60. The van der Waals surface area contributed by atoms with Crippen LogP contribution in [0.5, 0.6) is 0 Å². The molecule has 0 unspecified atom stereocenters. The fourth-order valence-electron chi connectivity index (χ4n) is 5.60. The second-order valence-corrected chi connectivity index (χ2v) is 7.02. The Morgan fingerprint density at radius 1 is 1.11 bits per heavy atom. The Morgan fingerprint density at radius 2 is 1.68 bits per heavy atom. The van der Waals surface area contributed by atoms with E-state index < -0.39 is 0 Å². The number of nitrogens with two attached hydrogens (primary N) is 1. The van der Waals surface area contributed by atoms with E-state index in [9.17, 15) is 5.26 Å². The van der Waals surface area contributed by atoms with Crippen molar-refractivity contribution in [2.24, 2.45) is 23.7 Å². The third-order valence-corrected chi connectivity index (χ3v) is 5.94. The predicted molar refractivity (Wildman–Crippen MR) is 74.4 cm³/mol. The average Bonchev–Trinajstić information content (AvgIpc) is 2.63. The van der Waals surface area contributed by atoms with Crippen LogP contribution in [0.15, 0.2) is 0 Å². The van der Waals surface area contributed by atoms with E-state index in [-0.39, 0.29) is 0 Å². The lowest BCUT2D eigenvalue weighted by Crippen LogP contribution is -2.44. The number of H-pyrrole nitrogens is 1. The molecule has 1 aromatic rings. The van der Waals surface area contributed by atoms with Gasteiger partial charge in [-0.25, -0.2) is 0 Å². The molecule has 1 aromatic heterocycles. The molecule has 4 bridgehead atoms. The lowest BCUT2D eigenvalue weighted by Gasteiger charge is -2.54. The molecule has 0 saturated heterocycles. The van der Waals surface area contributed by atoms with Crippen LogP contribution in [0.3, 0.4) is 0 Å². The molecular weight excluding hydrogens is 234 g/mol. The Kier molecular flexibility index (Phi) is 2.27. The second-order valence-electron chi connectivity index (χ2n) is 7.02. The third-order valence-electron chi connectivity index (χ3n) is 5.94. The first-order chi connectivity index (χ1) is 9.17. The zero-order chi connectivity index (χ0) is 13.1. The maximum absolute atomic E-state index is 9.42. The summed E-state index contributed by atoms with van der Waals surface area (Å²) in [5, 5.41) is 9.42. The number of nitriles is 1. The normalized spacial score (nSPS) is 39.5. The van der Waals surface area contributed by atoms with E-state index in [1.165, 1.54) is 37.7 Å². The largest absolute Gasteiger partial charge is 0.384 e. The number of aromatic nitrogens is 1. The van der Waals surface area contributed by atoms with Crippen LogP contribution < -0.4 is 5.73 Å². The van der Waals surface area contributed by atoms with Gasteiger partial charge in [0.05, 0.1) is 5.56 Å². The van der Waals surface area contributed by atoms with Crippen molar-refractivity contribution in [3.8, 4) is 6.07 Å². The number of nitrogens with one attached hydrogen (secondary N) is 1. The fraction of sp³-hybridized carbons (Fsp3) is 0.688. The van der Waals surface area contributed by atoms with Crippen molar-refractivity contribution in [1.29, 1.82) is 5.26 Å². The Labute approximate surface area is 114 Å². The molecule has 4 saturated carbocycles. The first-order valence-electron chi connectivity index (χ1n) is 7.55. The molecule has 3 heteroatoms. The van der Waals surface area contributed by atoms with Crippen molar-refractivity contribution in [1.82, 2.24) is 4.98 Å². The number of nitrogens with zero attached hydrogens (tertiary/aromatic N) is 1. The van der Waals surface area contributed by atoms with Gasteiger partial charge in [0.2, 0.25) is 0 Å². The number of hydrogen-bond acceptors (Lipinski definition) is 2. The van der Waals surface area contributed by atoms with Crippen LogP contribution in [0.4, 0.5) is 5.82 Å². The summed E-state index contributed by atoms with van der Waals surface area (Å²) < 4.78 is 0. The van der Waals surface area contributed by atoms with Crippen molar-refractivity contribution in [2.45, 2.75) is 44.9 Å². The van der Waals surface area contributed by atoms with Gasteiger partial charge in [0.25, 0.3) is 0 Å². The van der Waals surface area contributed by atoms with Gasteiger partial charge in [-0.1, -0.05) is 0 Å². The quantitative estimate of drug-likeness (QED) is 0.808. The topological polar surface area (TPSA) is 65.6 Å². The molecule has 0 amide bonds. The summed E-state index contributed by atoms with van der Waals surface area (Å²) in [7, 11) is 0. The lowest BCUT2D eigenvalue weighted by atomic mass is 9.50. The molecule has 0 aliphatic heterocycles. The zero-order valence-electron chi connectivity index (χ0n) is 11.4. The molecule has 0 radical (unpaired) electrons. The molecule has 0 spiro atoms. The van der Waals surface area contributed by atoms with Gasteiger partial charge in [0.15, 0.2) is 0 Å². The van der Waals surface area contributed by atoms with Crippen LogP contribution >= 0.6 is 0 Å². The van der Waals surface area contributed by atoms with Crippen LogP contribution in [0.2, 0.25) is 0 Å². The summed E-state index contributed by atoms with van der Waals surface area (Å²) in [6.07, 6.45) is 7.00. The van der Waals surface area contributed by atoms with E-state index in [4.69, 9.17) is 5.73 Å². The Hall–Kier alpha value is -1.43.